The Morgan fingerprint density at radius 3 is 2.86 bits per heavy atom. The third-order valence-corrected chi connectivity index (χ3v) is 3.32. The van der Waals surface area contributed by atoms with E-state index in [4.69, 9.17) is 5.11 Å². The van der Waals surface area contributed by atoms with Crippen molar-refractivity contribution in [2.75, 3.05) is 19.7 Å². The lowest BCUT2D eigenvalue weighted by molar-refractivity contribution is -0.0503. The maximum absolute atomic E-state index is 12.2. The van der Waals surface area contributed by atoms with E-state index in [9.17, 15) is 8.78 Å². The molecule has 0 bridgehead atoms. The van der Waals surface area contributed by atoms with Crippen LogP contribution < -0.4 is 4.74 Å². The first-order valence-electron chi connectivity index (χ1n) is 6.93. The van der Waals surface area contributed by atoms with E-state index in [0.29, 0.717) is 18.5 Å². The lowest BCUT2D eigenvalue weighted by Gasteiger charge is -2.29. The van der Waals surface area contributed by atoms with Crippen LogP contribution in [-0.2, 0) is 6.54 Å². The summed E-state index contributed by atoms with van der Waals surface area (Å²) in [5.41, 5.74) is 1.73. The minimum Gasteiger partial charge on any atom is -0.435 e. The van der Waals surface area contributed by atoms with Crippen molar-refractivity contribution >= 4 is 0 Å². The summed E-state index contributed by atoms with van der Waals surface area (Å²) >= 11 is 0. The Hall–Kier alpha value is -1.66. The number of aryl methyl sites for hydroxylation is 1. The molecule has 0 saturated heterocycles. The van der Waals surface area contributed by atoms with Crippen molar-refractivity contribution in [3.05, 3.63) is 41.6 Å². The van der Waals surface area contributed by atoms with Crippen molar-refractivity contribution in [2.24, 2.45) is 0 Å². The van der Waals surface area contributed by atoms with Crippen LogP contribution in [0, 0.1) is 6.92 Å². The number of hydrazine groups is 1. The van der Waals surface area contributed by atoms with Gasteiger partial charge in [0, 0.05) is 32.4 Å². The summed E-state index contributed by atoms with van der Waals surface area (Å²) < 4.78 is 28.9. The van der Waals surface area contributed by atoms with E-state index in [2.05, 4.69) is 20.8 Å². The van der Waals surface area contributed by atoms with Gasteiger partial charge < -0.3 is 14.9 Å². The molecule has 0 unspecified atom stereocenters. The summed E-state index contributed by atoms with van der Waals surface area (Å²) in [6.45, 7) is 1.38. The molecule has 1 N–H and O–H groups in total. The van der Waals surface area contributed by atoms with E-state index in [-0.39, 0.29) is 12.4 Å². The topological polar surface area (TPSA) is 35.9 Å². The Labute approximate surface area is 123 Å². The second-order valence-electron chi connectivity index (χ2n) is 4.95. The Bertz CT molecular complexity index is 495. The number of nitrogens with zero attached hydrogens (tertiary/aromatic N) is 2. The quantitative estimate of drug-likeness (QED) is 0.839. The molecule has 4 nitrogen and oxygen atoms in total. The minimum atomic E-state index is -2.80. The van der Waals surface area contributed by atoms with E-state index in [1.807, 2.05) is 12.3 Å². The van der Waals surface area contributed by atoms with Crippen molar-refractivity contribution < 1.29 is 18.6 Å². The molecule has 2 rings (SSSR count). The molecule has 0 radical (unpaired) electrons. The van der Waals surface area contributed by atoms with Gasteiger partial charge in [-0.25, -0.2) is 5.01 Å². The molecule has 0 fully saturated rings. The number of aliphatic hydroxyl groups is 1. The monoisotopic (exact) mass is 298 g/mol. The average Bonchev–Trinajstić information content (AvgIpc) is 2.86. The van der Waals surface area contributed by atoms with Gasteiger partial charge >= 0.3 is 6.61 Å². The maximum atomic E-state index is 12.2. The Kier molecular flexibility index (Phi) is 5.52. The maximum Gasteiger partial charge on any atom is 0.387 e. The summed E-state index contributed by atoms with van der Waals surface area (Å²) in [5.74, 6) is 0.213. The summed E-state index contributed by atoms with van der Waals surface area (Å²) in [7, 11) is 0. The predicted octanol–water partition coefficient (Wildman–Crippen LogP) is 2.53. The summed E-state index contributed by atoms with van der Waals surface area (Å²) in [6.07, 6.45) is 4.76. The lowest BCUT2D eigenvalue weighted by atomic mass is 10.1. The van der Waals surface area contributed by atoms with Crippen LogP contribution in [0.25, 0.3) is 0 Å². The fraction of sp³-hybridized carbons (Fsp3) is 0.467. The normalized spacial score (nSPS) is 15.2. The fourth-order valence-electron chi connectivity index (χ4n) is 2.34. The van der Waals surface area contributed by atoms with Crippen molar-refractivity contribution in [2.45, 2.75) is 26.5 Å². The summed E-state index contributed by atoms with van der Waals surface area (Å²) in [4.78, 5) is 0. The van der Waals surface area contributed by atoms with Gasteiger partial charge in [-0.05, 0) is 30.5 Å². The fourth-order valence-corrected chi connectivity index (χ4v) is 2.34. The second kappa shape index (κ2) is 7.38. The largest absolute Gasteiger partial charge is 0.435 e. The number of hydrogen-bond donors (Lipinski definition) is 1. The molecule has 1 aliphatic heterocycles. The third kappa shape index (κ3) is 4.41. The number of ether oxygens (including phenoxy) is 1. The molecular weight excluding hydrogens is 278 g/mol. The van der Waals surface area contributed by atoms with E-state index in [1.165, 1.54) is 0 Å². The molecule has 0 spiro atoms. The Morgan fingerprint density at radius 1 is 1.38 bits per heavy atom. The zero-order valence-corrected chi connectivity index (χ0v) is 12.0. The molecule has 0 aromatic heterocycles. The smallest absolute Gasteiger partial charge is 0.387 e. The highest BCUT2D eigenvalue weighted by atomic mass is 19.3. The first kappa shape index (κ1) is 15.7. The zero-order chi connectivity index (χ0) is 15.2. The van der Waals surface area contributed by atoms with Crippen molar-refractivity contribution in [3.63, 3.8) is 0 Å². The first-order valence-corrected chi connectivity index (χ1v) is 6.93. The highest BCUT2D eigenvalue weighted by molar-refractivity contribution is 5.36. The standard InChI is InChI=1S/C15H20F2N2O2/c1-12-10-13(4-5-14(12)21-15(16)17)11-19-7-2-6-18(19)8-3-9-20/h2,4-6,10,15,20H,3,7-9,11H2,1H3. The van der Waals surface area contributed by atoms with Gasteiger partial charge in [0.2, 0.25) is 0 Å². The van der Waals surface area contributed by atoms with E-state index in [1.54, 1.807) is 19.1 Å². The Morgan fingerprint density at radius 2 is 2.19 bits per heavy atom. The van der Waals surface area contributed by atoms with Crippen molar-refractivity contribution in [1.82, 2.24) is 10.0 Å². The molecule has 1 aromatic carbocycles. The van der Waals surface area contributed by atoms with Crippen LogP contribution in [0.4, 0.5) is 8.78 Å². The van der Waals surface area contributed by atoms with Gasteiger partial charge in [-0.15, -0.1) is 0 Å². The molecule has 0 atom stereocenters. The molecule has 6 heteroatoms. The van der Waals surface area contributed by atoms with Crippen LogP contribution in [0.1, 0.15) is 17.5 Å². The summed E-state index contributed by atoms with van der Waals surface area (Å²) in [6, 6.07) is 5.24. The van der Waals surface area contributed by atoms with Gasteiger partial charge in [0.05, 0.1) is 0 Å². The van der Waals surface area contributed by atoms with Crippen LogP contribution >= 0.6 is 0 Å². The van der Waals surface area contributed by atoms with Crippen molar-refractivity contribution in [1.29, 1.82) is 0 Å². The van der Waals surface area contributed by atoms with Crippen LogP contribution in [-0.4, -0.2) is 41.4 Å². The summed E-state index contributed by atoms with van der Waals surface area (Å²) in [5, 5.41) is 13.1. The average molecular weight is 298 g/mol. The lowest BCUT2D eigenvalue weighted by Crippen LogP contribution is -2.35. The van der Waals surface area contributed by atoms with Gasteiger partial charge in [0.25, 0.3) is 0 Å². The van der Waals surface area contributed by atoms with Crippen molar-refractivity contribution in [3.8, 4) is 5.75 Å². The zero-order valence-electron chi connectivity index (χ0n) is 12.0. The SMILES string of the molecule is Cc1cc(CN2CC=CN2CCCO)ccc1OC(F)F. The molecule has 0 saturated carbocycles. The number of rotatable bonds is 7. The van der Waals surface area contributed by atoms with Crippen LogP contribution in [0.3, 0.4) is 0 Å². The van der Waals surface area contributed by atoms with Gasteiger partial charge in [-0.2, -0.15) is 8.78 Å². The minimum absolute atomic E-state index is 0.164. The molecule has 116 valence electrons. The van der Waals surface area contributed by atoms with E-state index < -0.39 is 6.61 Å². The number of benzene rings is 1. The highest BCUT2D eigenvalue weighted by Gasteiger charge is 2.16. The highest BCUT2D eigenvalue weighted by Crippen LogP contribution is 2.23. The van der Waals surface area contributed by atoms with Gasteiger partial charge in [0.1, 0.15) is 5.75 Å². The van der Waals surface area contributed by atoms with Crippen LogP contribution in [0.5, 0.6) is 5.75 Å². The van der Waals surface area contributed by atoms with Crippen LogP contribution in [0.15, 0.2) is 30.5 Å². The van der Waals surface area contributed by atoms with Gasteiger partial charge in [-0.1, -0.05) is 18.2 Å². The van der Waals surface area contributed by atoms with Gasteiger partial charge in [0.15, 0.2) is 0 Å². The van der Waals surface area contributed by atoms with E-state index in [0.717, 1.165) is 18.7 Å². The number of alkyl halides is 2. The van der Waals surface area contributed by atoms with E-state index >= 15 is 0 Å². The third-order valence-electron chi connectivity index (χ3n) is 3.32. The first-order chi connectivity index (χ1) is 10.1. The Balaban J connectivity index is 1.98. The molecule has 0 aliphatic carbocycles. The predicted molar refractivity (Wildman–Crippen MR) is 75.8 cm³/mol. The van der Waals surface area contributed by atoms with Gasteiger partial charge in [-0.3, -0.25) is 0 Å². The molecule has 1 heterocycles. The van der Waals surface area contributed by atoms with Crippen LogP contribution in [0.2, 0.25) is 0 Å². The molecule has 1 aliphatic rings. The number of halogens is 2. The number of hydrogen-bond acceptors (Lipinski definition) is 4. The molecule has 1 aromatic rings. The molecule has 0 amide bonds. The second-order valence-corrected chi connectivity index (χ2v) is 4.95. The molecule has 21 heavy (non-hydrogen) atoms. The molecular formula is C15H20F2N2O2. The number of aliphatic hydroxyl groups excluding tert-OH is 1.